The molecule has 4 atom stereocenters. The van der Waals surface area contributed by atoms with Gasteiger partial charge in [0.15, 0.2) is 10.8 Å². The van der Waals surface area contributed by atoms with Crippen LogP contribution in [0.2, 0.25) is 5.02 Å². The van der Waals surface area contributed by atoms with E-state index in [2.05, 4.69) is 0 Å². The summed E-state index contributed by atoms with van der Waals surface area (Å²) in [4.78, 5) is 0. The van der Waals surface area contributed by atoms with Crippen molar-refractivity contribution in [3.63, 3.8) is 0 Å². The highest BCUT2D eigenvalue weighted by Gasteiger charge is 2.78. The van der Waals surface area contributed by atoms with E-state index < -0.39 is 34.5 Å². The van der Waals surface area contributed by atoms with Gasteiger partial charge < -0.3 is 9.47 Å². The van der Waals surface area contributed by atoms with Gasteiger partial charge >= 0.3 is 0 Å². The largest absolute Gasteiger partial charge is 0.448 e. The van der Waals surface area contributed by atoms with Crippen LogP contribution in [0.5, 0.6) is 0 Å². The Morgan fingerprint density at radius 1 is 1.17 bits per heavy atom. The predicted octanol–water partition coefficient (Wildman–Crippen LogP) is 3.31. The van der Waals surface area contributed by atoms with Crippen LogP contribution in [0.3, 0.4) is 0 Å². The summed E-state index contributed by atoms with van der Waals surface area (Å²) in [6, 6.07) is 12.7. The van der Waals surface area contributed by atoms with Crippen molar-refractivity contribution in [3.8, 4) is 18.2 Å². The summed E-state index contributed by atoms with van der Waals surface area (Å²) in [6.45, 7) is 3.19. The molecule has 4 rings (SSSR count). The maximum atomic E-state index is 9.96. The highest BCUT2D eigenvalue weighted by atomic mass is 35.5. The van der Waals surface area contributed by atoms with Crippen LogP contribution in [0.1, 0.15) is 25.5 Å². The van der Waals surface area contributed by atoms with Gasteiger partial charge in [0.05, 0.1) is 24.1 Å². The first-order valence-electron chi connectivity index (χ1n) is 7.27. The summed E-state index contributed by atoms with van der Waals surface area (Å²) in [6.07, 6.45) is -1.06. The molecule has 0 unspecified atom stereocenters. The quantitative estimate of drug-likeness (QED) is 0.842. The molecule has 0 aliphatic carbocycles. The van der Waals surface area contributed by atoms with Gasteiger partial charge in [-0.05, 0) is 6.07 Å². The van der Waals surface area contributed by atoms with E-state index in [9.17, 15) is 15.8 Å². The molecule has 7 heteroatoms. The van der Waals surface area contributed by atoms with Gasteiger partial charge in [0.2, 0.25) is 11.7 Å². The van der Waals surface area contributed by atoms with Gasteiger partial charge in [-0.15, -0.1) is 0 Å². The Morgan fingerprint density at radius 3 is 2.33 bits per heavy atom. The monoisotopic (exact) mass is 340 g/mol. The normalized spacial score (nSPS) is 36.1. The molecule has 6 nitrogen and oxygen atoms in total. The third kappa shape index (κ3) is 1.59. The Bertz CT molecular complexity index is 851. The van der Waals surface area contributed by atoms with Crippen LogP contribution < -0.4 is 0 Å². The van der Waals surface area contributed by atoms with E-state index in [0.29, 0.717) is 10.6 Å². The second kappa shape index (κ2) is 4.95. The van der Waals surface area contributed by atoms with E-state index in [1.165, 1.54) is 0 Å². The third-order valence-corrected chi connectivity index (χ3v) is 5.53. The van der Waals surface area contributed by atoms with E-state index >= 15 is 0 Å². The fraction of sp³-hybridized carbons (Fsp3) is 0.412. The second-order valence-electron chi connectivity index (χ2n) is 6.14. The molecular formula is C17H13ClN4O2. The average Bonchev–Trinajstić information content (AvgIpc) is 2.57. The average molecular weight is 341 g/mol. The number of ether oxygens (including phenoxy) is 2. The van der Waals surface area contributed by atoms with Crippen LogP contribution in [0.15, 0.2) is 24.3 Å². The van der Waals surface area contributed by atoms with Gasteiger partial charge in [-0.1, -0.05) is 36.7 Å². The number of hydrogen-bond donors (Lipinski definition) is 1. The first-order valence-corrected chi connectivity index (χ1v) is 7.65. The first-order chi connectivity index (χ1) is 11.3. The summed E-state index contributed by atoms with van der Waals surface area (Å²) < 4.78 is 11.5. The Kier molecular flexibility index (Phi) is 3.36. The van der Waals surface area contributed by atoms with Crippen molar-refractivity contribution in [2.45, 2.75) is 25.7 Å². The highest BCUT2D eigenvalue weighted by molar-refractivity contribution is 6.31. The van der Waals surface area contributed by atoms with Gasteiger partial charge in [0.1, 0.15) is 6.10 Å². The zero-order valence-electron chi connectivity index (χ0n) is 13.0. The number of nitrogens with one attached hydrogen (secondary N) is 1. The molecule has 3 aliphatic rings. The zero-order valence-corrected chi connectivity index (χ0v) is 13.8. The fourth-order valence-electron chi connectivity index (χ4n) is 3.64. The maximum absolute atomic E-state index is 9.96. The van der Waals surface area contributed by atoms with E-state index in [1.807, 2.05) is 18.2 Å². The van der Waals surface area contributed by atoms with Gasteiger partial charge in [-0.2, -0.15) is 15.8 Å². The van der Waals surface area contributed by atoms with E-state index in [0.717, 1.165) is 0 Å². The maximum Gasteiger partial charge on any atom is 0.215 e. The third-order valence-electron chi connectivity index (χ3n) is 5.18. The fourth-order valence-corrected chi connectivity index (χ4v) is 3.87. The summed E-state index contributed by atoms with van der Waals surface area (Å²) in [5, 5.41) is 38.2. The molecule has 0 saturated carbocycles. The van der Waals surface area contributed by atoms with Crippen LogP contribution in [0.25, 0.3) is 0 Å². The molecule has 1 aromatic rings. The summed E-state index contributed by atoms with van der Waals surface area (Å²) in [5.41, 5.74) is -3.26. The Labute approximate surface area is 144 Å². The summed E-state index contributed by atoms with van der Waals surface area (Å²) in [5.74, 6) is -2.57. The molecule has 1 aromatic carbocycles. The number of nitriles is 3. The molecule has 2 bridgehead atoms. The van der Waals surface area contributed by atoms with Crippen LogP contribution in [0.4, 0.5) is 0 Å². The number of halogens is 1. The molecule has 3 heterocycles. The Balaban J connectivity index is 2.37. The molecule has 3 aliphatic heterocycles. The van der Waals surface area contributed by atoms with E-state index in [1.54, 1.807) is 38.1 Å². The molecule has 3 saturated heterocycles. The predicted molar refractivity (Wildman–Crippen MR) is 83.4 cm³/mol. The number of benzene rings is 1. The molecular weight excluding hydrogens is 328 g/mol. The lowest BCUT2D eigenvalue weighted by atomic mass is 9.51. The van der Waals surface area contributed by atoms with Crippen molar-refractivity contribution in [2.24, 2.45) is 16.7 Å². The lowest BCUT2D eigenvalue weighted by Gasteiger charge is -2.60. The highest BCUT2D eigenvalue weighted by Crippen LogP contribution is 2.66. The van der Waals surface area contributed by atoms with Crippen LogP contribution >= 0.6 is 11.6 Å². The van der Waals surface area contributed by atoms with E-state index in [-0.39, 0.29) is 0 Å². The van der Waals surface area contributed by atoms with Gasteiger partial charge in [0, 0.05) is 17.5 Å². The molecule has 0 spiro atoms. The first kappa shape index (κ1) is 16.3. The lowest BCUT2D eigenvalue weighted by Crippen LogP contribution is -2.71. The smallest absolute Gasteiger partial charge is 0.215 e. The topological polar surface area (TPSA) is 114 Å². The van der Waals surface area contributed by atoms with Crippen LogP contribution in [-0.4, -0.2) is 11.7 Å². The minimum Gasteiger partial charge on any atom is -0.448 e. The number of nitrogens with zero attached hydrogens (tertiary/aromatic N) is 3. The molecule has 120 valence electrons. The van der Waals surface area contributed by atoms with Gasteiger partial charge in [-0.25, -0.2) is 0 Å². The number of fused-ring (bicyclic) bond motifs is 3. The zero-order chi connectivity index (χ0) is 17.8. The minimum atomic E-state index is -1.90. The molecule has 0 aromatic heterocycles. The van der Waals surface area contributed by atoms with Crippen molar-refractivity contribution in [1.82, 2.24) is 0 Å². The molecule has 0 amide bonds. The van der Waals surface area contributed by atoms with E-state index in [4.69, 9.17) is 26.5 Å². The van der Waals surface area contributed by atoms with Crippen molar-refractivity contribution in [3.05, 3.63) is 34.9 Å². The van der Waals surface area contributed by atoms with Gasteiger partial charge in [0.25, 0.3) is 0 Å². The molecule has 1 N–H and O–H groups in total. The van der Waals surface area contributed by atoms with Crippen molar-refractivity contribution in [2.75, 3.05) is 0 Å². The lowest BCUT2D eigenvalue weighted by molar-refractivity contribution is -0.338. The Hall–Kier alpha value is -2.59. The second-order valence-corrected chi connectivity index (χ2v) is 6.55. The van der Waals surface area contributed by atoms with Crippen LogP contribution in [0, 0.1) is 56.2 Å². The SMILES string of the molecule is C[C@@H]1C(C#N)(C#N)[C@@]2(C#N)C(=N)O[C@@]1(C)O[C@@H]2c1ccccc1Cl. The number of rotatable bonds is 1. The molecule has 3 fully saturated rings. The van der Waals surface area contributed by atoms with Gasteiger partial charge in [-0.3, -0.25) is 5.41 Å². The van der Waals surface area contributed by atoms with Crippen molar-refractivity contribution >= 4 is 17.5 Å². The molecule has 24 heavy (non-hydrogen) atoms. The standard InChI is InChI=1S/C17H13ClN4O2/c1-10-15(2)23-13(11-5-3-4-6-12(11)18)17(9-21,14(22)24-15)16(10,7-19)8-20/h3-6,10,13,22H,1-2H3/t10-,13+,15+,17+/m0/s1. The number of hydrogen-bond acceptors (Lipinski definition) is 6. The van der Waals surface area contributed by atoms with Crippen LogP contribution in [-0.2, 0) is 9.47 Å². The minimum absolute atomic E-state index is 0.332. The van der Waals surface area contributed by atoms with Crippen molar-refractivity contribution in [1.29, 1.82) is 21.2 Å². The summed E-state index contributed by atoms with van der Waals surface area (Å²) >= 11 is 6.26. The van der Waals surface area contributed by atoms with Crippen molar-refractivity contribution < 1.29 is 9.47 Å². The molecule has 0 radical (unpaired) electrons. The summed E-state index contributed by atoms with van der Waals surface area (Å²) in [7, 11) is 0. The Morgan fingerprint density at radius 2 is 1.79 bits per heavy atom.